The Kier molecular flexibility index (Phi) is 2.66. The number of hydrogen-bond acceptors (Lipinski definition) is 4. The van der Waals surface area contributed by atoms with Gasteiger partial charge >= 0.3 is 0 Å². The highest BCUT2D eigenvalue weighted by Gasteiger charge is 2.29. The topological polar surface area (TPSA) is 65.6 Å². The van der Waals surface area contributed by atoms with Gasteiger partial charge in [-0.1, -0.05) is 16.8 Å². The number of halogens is 1. The Hall–Kier alpha value is -1.69. The molecule has 94 valence electrons. The van der Waals surface area contributed by atoms with Crippen molar-refractivity contribution in [3.05, 3.63) is 39.3 Å². The Morgan fingerprint density at radius 3 is 2.89 bits per heavy atom. The summed E-state index contributed by atoms with van der Waals surface area (Å²) < 4.78 is 3.24. The van der Waals surface area contributed by atoms with Crippen LogP contribution in [0.2, 0.25) is 5.15 Å². The van der Waals surface area contributed by atoms with Crippen LogP contribution in [0.4, 0.5) is 0 Å². The van der Waals surface area contributed by atoms with Crippen LogP contribution in [0.5, 0.6) is 0 Å². The van der Waals surface area contributed by atoms with Crippen molar-refractivity contribution in [3.8, 4) is 0 Å². The van der Waals surface area contributed by atoms with Gasteiger partial charge in [0, 0.05) is 25.2 Å². The monoisotopic (exact) mass is 265 g/mol. The van der Waals surface area contributed by atoms with Crippen LogP contribution in [-0.2, 0) is 13.6 Å². The van der Waals surface area contributed by atoms with Gasteiger partial charge in [0.15, 0.2) is 0 Å². The third-order valence-corrected chi connectivity index (χ3v) is 3.11. The first-order chi connectivity index (χ1) is 8.63. The second kappa shape index (κ2) is 4.20. The molecule has 0 radical (unpaired) electrons. The molecule has 0 amide bonds. The molecule has 2 aromatic heterocycles. The summed E-state index contributed by atoms with van der Waals surface area (Å²) in [7, 11) is 1.79. The summed E-state index contributed by atoms with van der Waals surface area (Å²) in [5.74, 6) is 1.12. The quantitative estimate of drug-likeness (QED) is 0.775. The molecule has 0 unspecified atom stereocenters. The van der Waals surface area contributed by atoms with E-state index in [1.54, 1.807) is 22.5 Å². The summed E-state index contributed by atoms with van der Waals surface area (Å²) in [6, 6.07) is 1.34. The fraction of sp³-hybridized carbons (Fsp3) is 0.455. The molecule has 0 N–H and O–H groups in total. The Morgan fingerprint density at radius 2 is 2.28 bits per heavy atom. The van der Waals surface area contributed by atoms with E-state index in [-0.39, 0.29) is 10.7 Å². The first-order valence-corrected chi connectivity index (χ1v) is 6.14. The smallest absolute Gasteiger partial charge is 0.255 e. The van der Waals surface area contributed by atoms with Crippen LogP contribution in [-0.4, -0.2) is 24.5 Å². The minimum absolute atomic E-state index is 0.137. The lowest BCUT2D eigenvalue weighted by Crippen LogP contribution is -2.25. The fourth-order valence-electron chi connectivity index (χ4n) is 1.94. The fourth-order valence-corrected chi connectivity index (χ4v) is 2.12. The predicted octanol–water partition coefficient (Wildman–Crippen LogP) is 0.951. The van der Waals surface area contributed by atoms with E-state index in [9.17, 15) is 4.79 Å². The molecule has 2 aromatic rings. The molecule has 0 bridgehead atoms. The zero-order chi connectivity index (χ0) is 12.7. The minimum atomic E-state index is -0.137. The lowest BCUT2D eigenvalue weighted by atomic mass is 10.3. The molecule has 2 heterocycles. The number of aryl methyl sites for hydroxylation is 1. The van der Waals surface area contributed by atoms with E-state index in [1.165, 1.54) is 6.07 Å². The SMILES string of the molecule is Cn1cc(Cn2c(C3CC3)nc(Cl)cc2=O)nn1. The summed E-state index contributed by atoms with van der Waals surface area (Å²) in [5, 5.41) is 8.10. The Balaban J connectivity index is 2.02. The van der Waals surface area contributed by atoms with Crippen molar-refractivity contribution in [3.63, 3.8) is 0 Å². The summed E-state index contributed by atoms with van der Waals surface area (Å²) in [6.07, 6.45) is 3.91. The average Bonchev–Trinajstić information content (AvgIpc) is 3.06. The van der Waals surface area contributed by atoms with E-state index in [0.29, 0.717) is 12.5 Å². The first-order valence-electron chi connectivity index (χ1n) is 5.76. The van der Waals surface area contributed by atoms with Gasteiger partial charge in [0.2, 0.25) is 0 Å². The summed E-state index contributed by atoms with van der Waals surface area (Å²) in [5.41, 5.74) is 0.605. The van der Waals surface area contributed by atoms with Gasteiger partial charge < -0.3 is 0 Å². The lowest BCUT2D eigenvalue weighted by Gasteiger charge is -2.09. The molecule has 0 aliphatic heterocycles. The predicted molar refractivity (Wildman–Crippen MR) is 65.6 cm³/mol. The Bertz CT molecular complexity index is 643. The number of nitrogens with zero attached hydrogens (tertiary/aromatic N) is 5. The molecule has 1 aliphatic rings. The molecule has 7 heteroatoms. The molecule has 0 saturated heterocycles. The first kappa shape index (κ1) is 11.4. The standard InChI is InChI=1S/C11H12ClN5O/c1-16-5-8(14-15-16)6-17-10(18)4-9(12)13-11(17)7-2-3-7/h4-5,7H,2-3,6H2,1H3. The van der Waals surface area contributed by atoms with Gasteiger partial charge in [0.25, 0.3) is 5.56 Å². The van der Waals surface area contributed by atoms with Crippen molar-refractivity contribution in [1.29, 1.82) is 0 Å². The summed E-state index contributed by atoms with van der Waals surface area (Å²) in [6.45, 7) is 0.392. The molecule has 6 nitrogen and oxygen atoms in total. The van der Waals surface area contributed by atoms with E-state index in [0.717, 1.165) is 24.4 Å². The van der Waals surface area contributed by atoms with Gasteiger partial charge in [-0.05, 0) is 12.8 Å². The maximum Gasteiger partial charge on any atom is 0.255 e. The largest absolute Gasteiger partial charge is 0.290 e. The van der Waals surface area contributed by atoms with E-state index < -0.39 is 0 Å². The van der Waals surface area contributed by atoms with Gasteiger partial charge in [0.1, 0.15) is 16.7 Å². The molecule has 1 aliphatic carbocycles. The van der Waals surface area contributed by atoms with Crippen molar-refractivity contribution in [2.75, 3.05) is 0 Å². The molecule has 1 fully saturated rings. The van der Waals surface area contributed by atoms with Crippen molar-refractivity contribution < 1.29 is 0 Å². The average molecular weight is 266 g/mol. The van der Waals surface area contributed by atoms with Crippen molar-refractivity contribution in [2.45, 2.75) is 25.3 Å². The lowest BCUT2D eigenvalue weighted by molar-refractivity contribution is 0.655. The number of rotatable bonds is 3. The van der Waals surface area contributed by atoms with E-state index >= 15 is 0 Å². The van der Waals surface area contributed by atoms with Gasteiger partial charge in [-0.2, -0.15) is 0 Å². The number of hydrogen-bond donors (Lipinski definition) is 0. The van der Waals surface area contributed by atoms with E-state index in [2.05, 4.69) is 15.3 Å². The highest BCUT2D eigenvalue weighted by Crippen LogP contribution is 2.38. The maximum atomic E-state index is 12.0. The summed E-state index contributed by atoms with van der Waals surface area (Å²) >= 11 is 5.84. The summed E-state index contributed by atoms with van der Waals surface area (Å²) in [4.78, 5) is 16.3. The zero-order valence-corrected chi connectivity index (χ0v) is 10.6. The third-order valence-electron chi connectivity index (χ3n) is 2.92. The second-order valence-electron chi connectivity index (χ2n) is 4.52. The van der Waals surface area contributed by atoms with E-state index in [4.69, 9.17) is 11.6 Å². The van der Waals surface area contributed by atoms with Crippen LogP contribution in [0, 0.1) is 0 Å². The van der Waals surface area contributed by atoms with Crippen LogP contribution in [0.25, 0.3) is 0 Å². The highest BCUT2D eigenvalue weighted by molar-refractivity contribution is 6.29. The van der Waals surface area contributed by atoms with Gasteiger partial charge in [-0.25, -0.2) is 4.98 Å². The van der Waals surface area contributed by atoms with Crippen LogP contribution in [0.15, 0.2) is 17.1 Å². The molecule has 0 atom stereocenters. The van der Waals surface area contributed by atoms with Crippen molar-refractivity contribution in [1.82, 2.24) is 24.5 Å². The molecular weight excluding hydrogens is 254 g/mol. The highest BCUT2D eigenvalue weighted by atomic mass is 35.5. The minimum Gasteiger partial charge on any atom is -0.290 e. The van der Waals surface area contributed by atoms with Gasteiger partial charge in [-0.3, -0.25) is 14.0 Å². The Labute approximate surface area is 108 Å². The van der Waals surface area contributed by atoms with Crippen molar-refractivity contribution in [2.24, 2.45) is 7.05 Å². The normalized spacial score (nSPS) is 15.0. The van der Waals surface area contributed by atoms with Crippen molar-refractivity contribution >= 4 is 11.6 Å². The van der Waals surface area contributed by atoms with Crippen LogP contribution >= 0.6 is 11.6 Å². The van der Waals surface area contributed by atoms with Crippen LogP contribution in [0.3, 0.4) is 0 Å². The molecule has 0 aromatic carbocycles. The molecule has 3 rings (SSSR count). The second-order valence-corrected chi connectivity index (χ2v) is 4.91. The molecule has 18 heavy (non-hydrogen) atoms. The zero-order valence-electron chi connectivity index (χ0n) is 9.88. The maximum absolute atomic E-state index is 12.0. The van der Waals surface area contributed by atoms with E-state index in [1.807, 2.05) is 0 Å². The number of aromatic nitrogens is 5. The van der Waals surface area contributed by atoms with Crippen LogP contribution < -0.4 is 5.56 Å². The molecule has 1 saturated carbocycles. The van der Waals surface area contributed by atoms with Gasteiger partial charge in [-0.15, -0.1) is 5.10 Å². The Morgan fingerprint density at radius 1 is 1.50 bits per heavy atom. The van der Waals surface area contributed by atoms with Gasteiger partial charge in [0.05, 0.1) is 6.54 Å². The third kappa shape index (κ3) is 2.15. The van der Waals surface area contributed by atoms with Crippen LogP contribution in [0.1, 0.15) is 30.3 Å². The molecule has 0 spiro atoms. The molecular formula is C11H12ClN5O.